The summed E-state index contributed by atoms with van der Waals surface area (Å²) in [6, 6.07) is 0. The van der Waals surface area contributed by atoms with Gasteiger partial charge in [-0.05, 0) is 128 Å². The molecule has 0 amide bonds. The predicted molar refractivity (Wildman–Crippen MR) is 399 cm³/mol. The van der Waals surface area contributed by atoms with Gasteiger partial charge in [0.25, 0.3) is 0 Å². The number of hydrogen-bond acceptors (Lipinski definition) is 7. The van der Waals surface area contributed by atoms with Crippen molar-refractivity contribution in [3.63, 3.8) is 0 Å². The molecule has 0 aliphatic heterocycles. The van der Waals surface area contributed by atoms with Gasteiger partial charge in [-0.15, -0.1) is 0 Å². The fourth-order valence-electron chi connectivity index (χ4n) is 9.88. The van der Waals surface area contributed by atoms with E-state index in [0.717, 1.165) is 109 Å². The van der Waals surface area contributed by atoms with Crippen LogP contribution in [-0.4, -0.2) is 74.9 Å². The molecule has 9 nitrogen and oxygen atoms in total. The number of phosphoric acid groups is 1. The zero-order valence-electron chi connectivity index (χ0n) is 59.7. The lowest BCUT2D eigenvalue weighted by atomic mass is 10.0. The van der Waals surface area contributed by atoms with Crippen molar-refractivity contribution in [1.82, 2.24) is 0 Å². The van der Waals surface area contributed by atoms with Gasteiger partial charge in [-0.1, -0.05) is 313 Å². The molecule has 0 fully saturated rings. The van der Waals surface area contributed by atoms with Crippen LogP contribution in [0.2, 0.25) is 0 Å². The Hall–Kier alpha value is -4.37. The normalized spacial score (nSPS) is 14.0. The number of esters is 2. The van der Waals surface area contributed by atoms with Crippen LogP contribution in [0.1, 0.15) is 296 Å². The number of unbranched alkanes of at least 4 members (excludes halogenated alkanes) is 27. The fraction of sp³-hybridized carbons (Fsp3) is 0.659. The average molecular weight is 1300 g/mol. The first kappa shape index (κ1) is 87.6. The number of quaternary nitrogens is 1. The summed E-state index contributed by atoms with van der Waals surface area (Å²) in [7, 11) is 1.44. The third kappa shape index (κ3) is 74.7. The van der Waals surface area contributed by atoms with E-state index in [1.807, 2.05) is 21.1 Å². The highest BCUT2D eigenvalue weighted by atomic mass is 31.2. The summed E-state index contributed by atoms with van der Waals surface area (Å²) in [6.45, 7) is 4.28. The minimum absolute atomic E-state index is 0.0160. The van der Waals surface area contributed by atoms with Gasteiger partial charge in [0.15, 0.2) is 6.10 Å². The monoisotopic (exact) mass is 1300 g/mol. The summed E-state index contributed by atoms with van der Waals surface area (Å²) in [5, 5.41) is 0. The van der Waals surface area contributed by atoms with Gasteiger partial charge in [0.2, 0.25) is 0 Å². The number of phosphoric ester groups is 1. The maximum absolute atomic E-state index is 12.9. The van der Waals surface area contributed by atoms with Crippen molar-refractivity contribution < 1.29 is 42.1 Å². The molecule has 2 unspecified atom stereocenters. The molecule has 0 aromatic heterocycles. The Labute approximate surface area is 566 Å². The van der Waals surface area contributed by atoms with Crippen molar-refractivity contribution in [3.8, 4) is 0 Å². The van der Waals surface area contributed by atoms with Crippen LogP contribution in [0, 0.1) is 0 Å². The Bertz CT molecular complexity index is 2110. The number of carbonyl (C=O) groups is 2. The van der Waals surface area contributed by atoms with Gasteiger partial charge in [0.05, 0.1) is 27.7 Å². The first-order chi connectivity index (χ1) is 45.0. The summed E-state index contributed by atoms with van der Waals surface area (Å²) >= 11 is 0. The van der Waals surface area contributed by atoms with E-state index in [1.54, 1.807) is 0 Å². The number of rotatable bonds is 67. The first-order valence-electron chi connectivity index (χ1n) is 37.2. The minimum atomic E-state index is -4.42. The largest absolute Gasteiger partial charge is 0.472 e. The van der Waals surface area contributed by atoms with Crippen LogP contribution in [0.3, 0.4) is 0 Å². The number of ether oxygens (including phenoxy) is 2. The van der Waals surface area contributed by atoms with Crippen LogP contribution >= 0.6 is 7.82 Å². The van der Waals surface area contributed by atoms with E-state index in [0.29, 0.717) is 17.4 Å². The van der Waals surface area contributed by atoms with E-state index in [-0.39, 0.29) is 32.0 Å². The van der Waals surface area contributed by atoms with E-state index >= 15 is 0 Å². The second-order valence-corrected chi connectivity index (χ2v) is 27.0. The van der Waals surface area contributed by atoms with Gasteiger partial charge in [-0.25, -0.2) is 4.57 Å². The summed E-state index contributed by atoms with van der Waals surface area (Å²) in [4.78, 5) is 35.9. The Kier molecular flexibility index (Phi) is 67.6. The molecule has 0 spiro atoms. The maximum atomic E-state index is 12.9. The maximum Gasteiger partial charge on any atom is 0.472 e. The van der Waals surface area contributed by atoms with Gasteiger partial charge < -0.3 is 18.9 Å². The van der Waals surface area contributed by atoms with Gasteiger partial charge in [-0.2, -0.15) is 0 Å². The quantitative estimate of drug-likeness (QED) is 0.0211. The molecule has 524 valence electrons. The Morgan fingerprint density at radius 3 is 0.957 bits per heavy atom. The molecular weight excluding hydrogens is 1160 g/mol. The SMILES string of the molecule is CC/C=C\C/C=C\C/C=C\C/C=C\C/C=C\C/C=C\C/C=C\C/C=C\C/C=C\C/C=C\C/C=C\C/C=C\CCCCC(=O)OC(COC(=O)CCCCCCCCCCCCCCCCCCC/C=C\CCCCCCCCCC)COP(=O)(O)OCC[N+](C)(C)C. The van der Waals surface area contributed by atoms with Crippen LogP contribution in [0.25, 0.3) is 0 Å². The zero-order chi connectivity index (χ0) is 66.9. The van der Waals surface area contributed by atoms with Crippen molar-refractivity contribution in [2.24, 2.45) is 0 Å². The van der Waals surface area contributed by atoms with Crippen molar-refractivity contribution in [3.05, 3.63) is 158 Å². The van der Waals surface area contributed by atoms with Gasteiger partial charge in [0, 0.05) is 12.8 Å². The molecule has 0 aliphatic carbocycles. The van der Waals surface area contributed by atoms with E-state index in [1.165, 1.54) is 154 Å². The van der Waals surface area contributed by atoms with Crippen molar-refractivity contribution >= 4 is 19.8 Å². The van der Waals surface area contributed by atoms with Gasteiger partial charge in [0.1, 0.15) is 19.8 Å². The standard InChI is InChI=1S/C82H138NO8P/c1-6-8-10-12-14-16-18-20-22-24-26-28-30-32-34-36-37-38-39-40-41-42-43-44-45-47-49-51-53-55-57-59-61-63-65-67-69-71-73-75-82(85)91-80(79-90-92(86,87)89-77-76-83(3,4)5)78-88-81(84)74-72-70-68-66-64-62-60-58-56-54-52-50-48-46-35-33-31-29-27-25-23-21-19-17-15-13-11-9-7-2/h8,10,14,16,20,22,25-28,32,34,37-38,40-41,43-44,47,49,53,55,59,61,65,67,80H,6-7,9,11-13,15,17-19,21,23-24,29-31,33,35-36,39,42,45-46,48,50-52,54,56-58,60,62-64,66,68-79H2,1-5H3/p+1/b10-8-,16-14-,22-20-,27-25-,28-26-,34-32-,38-37-,41-40-,44-43-,49-47-,55-53-,61-59-,67-65-. The van der Waals surface area contributed by atoms with Crippen LogP contribution in [0.4, 0.5) is 0 Å². The summed E-state index contributed by atoms with van der Waals surface area (Å²) in [5.41, 5.74) is 0. The van der Waals surface area contributed by atoms with E-state index in [4.69, 9.17) is 18.5 Å². The molecular formula is C82H139NO8P+. The fourth-order valence-corrected chi connectivity index (χ4v) is 10.6. The van der Waals surface area contributed by atoms with E-state index < -0.39 is 26.5 Å². The Morgan fingerprint density at radius 2 is 0.620 bits per heavy atom. The van der Waals surface area contributed by atoms with Crippen LogP contribution in [0.15, 0.2) is 158 Å². The lowest BCUT2D eigenvalue weighted by Gasteiger charge is -2.24. The molecule has 2 atom stereocenters. The minimum Gasteiger partial charge on any atom is -0.462 e. The number of hydrogen-bond donors (Lipinski definition) is 1. The molecule has 0 saturated carbocycles. The molecule has 0 rings (SSSR count). The highest BCUT2D eigenvalue weighted by Gasteiger charge is 2.27. The average Bonchev–Trinajstić information content (AvgIpc) is 2.14. The predicted octanol–water partition coefficient (Wildman–Crippen LogP) is 24.7. The van der Waals surface area contributed by atoms with Crippen LogP contribution in [-0.2, 0) is 32.7 Å². The van der Waals surface area contributed by atoms with Crippen molar-refractivity contribution in [1.29, 1.82) is 0 Å². The van der Waals surface area contributed by atoms with E-state index in [9.17, 15) is 19.0 Å². The molecule has 0 aliphatic rings. The second-order valence-electron chi connectivity index (χ2n) is 25.6. The molecule has 10 heteroatoms. The molecule has 1 N–H and O–H groups in total. The Morgan fingerprint density at radius 1 is 0.348 bits per heavy atom. The number of likely N-dealkylation sites (N-methyl/N-ethyl adjacent to an activating group) is 1. The highest BCUT2D eigenvalue weighted by molar-refractivity contribution is 7.47. The summed E-state index contributed by atoms with van der Waals surface area (Å²) < 4.78 is 34.7. The smallest absolute Gasteiger partial charge is 0.462 e. The van der Waals surface area contributed by atoms with Crippen molar-refractivity contribution in [2.45, 2.75) is 302 Å². The lowest BCUT2D eigenvalue weighted by Crippen LogP contribution is -2.37. The summed E-state index contributed by atoms with van der Waals surface area (Å²) in [5.74, 6) is -0.850. The third-order valence-corrected chi connectivity index (χ3v) is 16.5. The lowest BCUT2D eigenvalue weighted by molar-refractivity contribution is -0.870. The zero-order valence-corrected chi connectivity index (χ0v) is 60.6. The first-order valence-corrected chi connectivity index (χ1v) is 38.7. The van der Waals surface area contributed by atoms with Crippen molar-refractivity contribution in [2.75, 3.05) is 47.5 Å². The van der Waals surface area contributed by atoms with Crippen LogP contribution < -0.4 is 0 Å². The molecule has 0 aromatic carbocycles. The number of carbonyl (C=O) groups excluding carboxylic acids is 2. The second kappa shape index (κ2) is 70.9. The molecule has 92 heavy (non-hydrogen) atoms. The third-order valence-electron chi connectivity index (χ3n) is 15.5. The van der Waals surface area contributed by atoms with E-state index in [2.05, 4.69) is 172 Å². The molecule has 0 bridgehead atoms. The highest BCUT2D eigenvalue weighted by Crippen LogP contribution is 2.43. The number of allylic oxidation sites excluding steroid dienone is 26. The topological polar surface area (TPSA) is 108 Å². The summed E-state index contributed by atoms with van der Waals surface area (Å²) in [6.07, 6.45) is 107. The Balaban J connectivity index is 4.16. The van der Waals surface area contributed by atoms with Gasteiger partial charge >= 0.3 is 19.8 Å². The van der Waals surface area contributed by atoms with Crippen LogP contribution in [0.5, 0.6) is 0 Å². The number of nitrogens with zero attached hydrogens (tertiary/aromatic N) is 1. The molecule has 0 radical (unpaired) electrons. The molecule has 0 heterocycles. The van der Waals surface area contributed by atoms with Gasteiger partial charge in [-0.3, -0.25) is 18.6 Å². The molecule has 0 aromatic rings. The molecule has 0 saturated heterocycles.